The van der Waals surface area contributed by atoms with Crippen molar-refractivity contribution in [3.05, 3.63) is 29.5 Å². The summed E-state index contributed by atoms with van der Waals surface area (Å²) in [6.07, 6.45) is 0. The third-order valence-corrected chi connectivity index (χ3v) is 4.04. The van der Waals surface area contributed by atoms with Crippen LogP contribution in [-0.2, 0) is 7.05 Å². The highest BCUT2D eigenvalue weighted by molar-refractivity contribution is 6.04. The Balaban J connectivity index is 1.87. The van der Waals surface area contributed by atoms with Gasteiger partial charge in [-0.1, -0.05) is 5.10 Å². The summed E-state index contributed by atoms with van der Waals surface area (Å²) in [6.45, 7) is 8.68. The Bertz CT molecular complexity index is 1000. The lowest BCUT2D eigenvalue weighted by molar-refractivity contribution is 0.102. The molecule has 0 aliphatic rings. The lowest BCUT2D eigenvalue weighted by atomic mass is 10.1. The van der Waals surface area contributed by atoms with E-state index >= 15 is 0 Å². The van der Waals surface area contributed by atoms with Crippen LogP contribution in [0.3, 0.4) is 0 Å². The van der Waals surface area contributed by atoms with Crippen molar-refractivity contribution < 1.29 is 23.4 Å². The average molecular weight is 415 g/mol. The molecule has 2 aromatic heterocycles. The first-order chi connectivity index (χ1) is 14.5. The first kappa shape index (κ1) is 21.2. The van der Waals surface area contributed by atoms with E-state index in [2.05, 4.69) is 20.6 Å². The molecule has 0 fully saturated rings. The van der Waals surface area contributed by atoms with E-state index in [1.807, 2.05) is 33.8 Å². The van der Waals surface area contributed by atoms with E-state index in [9.17, 15) is 4.79 Å². The van der Waals surface area contributed by atoms with E-state index in [4.69, 9.17) is 18.6 Å². The first-order valence-electron chi connectivity index (χ1n) is 9.69. The third kappa shape index (κ3) is 4.53. The zero-order valence-electron chi connectivity index (χ0n) is 17.7. The maximum Gasteiger partial charge on any atom is 0.322 e. The van der Waals surface area contributed by atoms with Gasteiger partial charge in [-0.25, -0.2) is 0 Å². The van der Waals surface area contributed by atoms with Gasteiger partial charge in [-0.3, -0.25) is 14.8 Å². The Morgan fingerprint density at radius 1 is 1.03 bits per heavy atom. The number of anilines is 1. The van der Waals surface area contributed by atoms with Gasteiger partial charge in [0.05, 0.1) is 25.5 Å². The van der Waals surface area contributed by atoms with Crippen LogP contribution in [0.15, 0.2) is 22.6 Å². The number of carbonyl (C=O) groups excluding carboxylic acids is 1. The molecule has 2 heterocycles. The molecule has 3 rings (SSSR count). The monoisotopic (exact) mass is 415 g/mol. The fraction of sp³-hybridized carbons (Fsp3) is 0.400. The van der Waals surface area contributed by atoms with E-state index in [-0.39, 0.29) is 11.9 Å². The van der Waals surface area contributed by atoms with E-state index < -0.39 is 5.91 Å². The predicted octanol–water partition coefficient (Wildman–Crippen LogP) is 3.23. The van der Waals surface area contributed by atoms with Crippen molar-refractivity contribution in [3.8, 4) is 28.8 Å². The summed E-state index contributed by atoms with van der Waals surface area (Å²) in [5.41, 5.74) is 1.78. The zero-order chi connectivity index (χ0) is 21.7. The molecular formula is C20H25N5O5. The van der Waals surface area contributed by atoms with Crippen LogP contribution in [0.4, 0.5) is 6.01 Å². The van der Waals surface area contributed by atoms with Gasteiger partial charge in [-0.15, -0.1) is 5.10 Å². The quantitative estimate of drug-likeness (QED) is 0.567. The first-order valence-corrected chi connectivity index (χ1v) is 9.69. The minimum atomic E-state index is -0.448. The van der Waals surface area contributed by atoms with E-state index in [0.29, 0.717) is 48.3 Å². The molecule has 0 aliphatic heterocycles. The van der Waals surface area contributed by atoms with Crippen LogP contribution < -0.4 is 19.5 Å². The standard InChI is InChI=1S/C20H25N5O5/c1-6-27-15-10-13(11-16(28-7-2)17(15)29-8-3)18(26)21-20-23-22-19(30-20)14-9-12(4)24-25(14)5/h9-11H,6-8H2,1-5H3,(H,21,23,26). The average Bonchev–Trinajstić information content (AvgIpc) is 3.29. The molecule has 0 radical (unpaired) electrons. The molecule has 0 aliphatic carbocycles. The van der Waals surface area contributed by atoms with Crippen LogP contribution in [0, 0.1) is 6.92 Å². The largest absolute Gasteiger partial charge is 0.490 e. The summed E-state index contributed by atoms with van der Waals surface area (Å²) < 4.78 is 24.2. The minimum absolute atomic E-state index is 0.0290. The Morgan fingerprint density at radius 2 is 1.67 bits per heavy atom. The van der Waals surface area contributed by atoms with Gasteiger partial charge in [0.15, 0.2) is 11.5 Å². The summed E-state index contributed by atoms with van der Waals surface area (Å²) in [6, 6.07) is 4.97. The van der Waals surface area contributed by atoms with Gasteiger partial charge in [-0.2, -0.15) is 5.10 Å². The van der Waals surface area contributed by atoms with Gasteiger partial charge >= 0.3 is 6.01 Å². The molecule has 160 valence electrons. The van der Waals surface area contributed by atoms with Gasteiger partial charge in [0.2, 0.25) is 5.75 Å². The van der Waals surface area contributed by atoms with Gasteiger partial charge in [0.1, 0.15) is 5.69 Å². The second-order valence-corrected chi connectivity index (χ2v) is 6.26. The number of hydrogen-bond donors (Lipinski definition) is 1. The molecule has 0 atom stereocenters. The summed E-state index contributed by atoms with van der Waals surface area (Å²) >= 11 is 0. The molecule has 0 bridgehead atoms. The number of benzene rings is 1. The number of carbonyl (C=O) groups is 1. The normalized spacial score (nSPS) is 10.7. The molecule has 0 saturated heterocycles. The highest BCUT2D eigenvalue weighted by atomic mass is 16.5. The van der Waals surface area contributed by atoms with Gasteiger partial charge in [0, 0.05) is 12.6 Å². The van der Waals surface area contributed by atoms with Gasteiger partial charge in [-0.05, 0) is 45.9 Å². The molecule has 10 heteroatoms. The van der Waals surface area contributed by atoms with Crippen LogP contribution in [0.1, 0.15) is 36.8 Å². The van der Waals surface area contributed by atoms with Gasteiger partial charge < -0.3 is 18.6 Å². The smallest absolute Gasteiger partial charge is 0.322 e. The number of rotatable bonds is 9. The van der Waals surface area contributed by atoms with E-state index in [1.54, 1.807) is 23.9 Å². The predicted molar refractivity (Wildman–Crippen MR) is 109 cm³/mol. The SMILES string of the molecule is CCOc1cc(C(=O)Nc2nnc(-c3cc(C)nn3C)o2)cc(OCC)c1OCC. The van der Waals surface area contributed by atoms with E-state index in [0.717, 1.165) is 5.69 Å². The van der Waals surface area contributed by atoms with Crippen LogP contribution >= 0.6 is 0 Å². The fourth-order valence-corrected chi connectivity index (χ4v) is 2.88. The molecule has 0 saturated carbocycles. The summed E-state index contributed by atoms with van der Waals surface area (Å²) in [4.78, 5) is 12.8. The number of aromatic nitrogens is 4. The van der Waals surface area contributed by atoms with Crippen LogP contribution in [-0.4, -0.2) is 45.7 Å². The molecule has 0 unspecified atom stereocenters. The number of ether oxygens (including phenoxy) is 3. The van der Waals surface area contributed by atoms with Crippen LogP contribution in [0.5, 0.6) is 17.2 Å². The maximum absolute atomic E-state index is 12.8. The topological polar surface area (TPSA) is 114 Å². The molecule has 1 aromatic carbocycles. The molecule has 10 nitrogen and oxygen atoms in total. The zero-order valence-corrected chi connectivity index (χ0v) is 17.7. The number of nitrogens with zero attached hydrogens (tertiary/aromatic N) is 4. The Labute approximate surface area is 174 Å². The molecule has 1 amide bonds. The lowest BCUT2D eigenvalue weighted by Gasteiger charge is -2.16. The molecule has 3 aromatic rings. The molecule has 1 N–H and O–H groups in total. The summed E-state index contributed by atoms with van der Waals surface area (Å²) in [5, 5.41) is 14.7. The van der Waals surface area contributed by atoms with Crippen molar-refractivity contribution >= 4 is 11.9 Å². The van der Waals surface area contributed by atoms with Crippen molar-refractivity contribution in [3.63, 3.8) is 0 Å². The fourth-order valence-electron chi connectivity index (χ4n) is 2.88. The Kier molecular flexibility index (Phi) is 6.55. The number of amides is 1. The molecular weight excluding hydrogens is 390 g/mol. The van der Waals surface area contributed by atoms with Crippen molar-refractivity contribution in [1.29, 1.82) is 0 Å². The summed E-state index contributed by atoms with van der Waals surface area (Å²) in [5.74, 6) is 1.12. The Morgan fingerprint density at radius 3 is 2.20 bits per heavy atom. The molecule has 30 heavy (non-hydrogen) atoms. The second kappa shape index (κ2) is 9.29. The van der Waals surface area contributed by atoms with Crippen LogP contribution in [0.25, 0.3) is 11.6 Å². The lowest BCUT2D eigenvalue weighted by Crippen LogP contribution is -2.13. The van der Waals surface area contributed by atoms with Crippen molar-refractivity contribution in [1.82, 2.24) is 20.0 Å². The number of aryl methyl sites for hydroxylation is 2. The highest BCUT2D eigenvalue weighted by Gasteiger charge is 2.20. The highest BCUT2D eigenvalue weighted by Crippen LogP contribution is 2.39. The van der Waals surface area contributed by atoms with E-state index in [1.165, 1.54) is 0 Å². The van der Waals surface area contributed by atoms with Crippen molar-refractivity contribution in [2.45, 2.75) is 27.7 Å². The van der Waals surface area contributed by atoms with Crippen LogP contribution in [0.2, 0.25) is 0 Å². The second-order valence-electron chi connectivity index (χ2n) is 6.26. The van der Waals surface area contributed by atoms with Crippen molar-refractivity contribution in [2.24, 2.45) is 7.05 Å². The van der Waals surface area contributed by atoms with Crippen molar-refractivity contribution in [2.75, 3.05) is 25.1 Å². The molecule has 0 spiro atoms. The van der Waals surface area contributed by atoms with Gasteiger partial charge in [0.25, 0.3) is 11.8 Å². The number of hydrogen-bond acceptors (Lipinski definition) is 8. The third-order valence-electron chi connectivity index (χ3n) is 4.04. The summed E-state index contributed by atoms with van der Waals surface area (Å²) in [7, 11) is 1.77. The minimum Gasteiger partial charge on any atom is -0.490 e. The maximum atomic E-state index is 12.8. The Hall–Kier alpha value is -3.56. The number of nitrogens with one attached hydrogen (secondary N) is 1.